The first-order valence-electron chi connectivity index (χ1n) is 8.09. The summed E-state index contributed by atoms with van der Waals surface area (Å²) in [5, 5.41) is 7.16. The lowest BCUT2D eigenvalue weighted by molar-refractivity contribution is 0.102. The molecule has 0 spiro atoms. The number of nitrogens with zero attached hydrogens (tertiary/aromatic N) is 4. The lowest BCUT2D eigenvalue weighted by Gasteiger charge is -2.12. The molecule has 3 heterocycles. The summed E-state index contributed by atoms with van der Waals surface area (Å²) >= 11 is 1.08. The molecule has 0 aliphatic heterocycles. The highest BCUT2D eigenvalue weighted by molar-refractivity contribution is 7.22. The van der Waals surface area contributed by atoms with Crippen LogP contribution in [0.15, 0.2) is 30.5 Å². The molecule has 1 aromatic carbocycles. The summed E-state index contributed by atoms with van der Waals surface area (Å²) in [6.07, 6.45) is 1.48. The van der Waals surface area contributed by atoms with Crippen molar-refractivity contribution >= 4 is 32.6 Å². The Morgan fingerprint density at radius 2 is 1.81 bits per heavy atom. The zero-order valence-electron chi connectivity index (χ0n) is 14.7. The minimum Gasteiger partial charge on any atom is -0.303 e. The van der Waals surface area contributed by atoms with E-state index in [1.165, 1.54) is 6.20 Å². The van der Waals surface area contributed by atoms with Crippen LogP contribution in [0.5, 0.6) is 0 Å². The lowest BCUT2D eigenvalue weighted by Crippen LogP contribution is -2.16. The molecule has 0 radical (unpaired) electrons. The Hall–Kier alpha value is -3.07. The van der Waals surface area contributed by atoms with E-state index in [2.05, 4.69) is 15.4 Å². The molecule has 0 aliphatic rings. The van der Waals surface area contributed by atoms with Crippen molar-refractivity contribution in [1.82, 2.24) is 19.3 Å². The first-order valence-corrected chi connectivity index (χ1v) is 8.91. The molecule has 0 atom stereocenters. The molecular weight excluding hydrogens is 372 g/mol. The largest absolute Gasteiger partial charge is 0.303 e. The molecule has 0 fully saturated rings. The van der Waals surface area contributed by atoms with Crippen LogP contribution in [0, 0.1) is 25.5 Å². The average Bonchev–Trinajstić information content (AvgIpc) is 3.26. The molecule has 0 unspecified atom stereocenters. The van der Waals surface area contributed by atoms with Crippen LogP contribution in [0.25, 0.3) is 16.0 Å². The van der Waals surface area contributed by atoms with Crippen LogP contribution in [0.2, 0.25) is 0 Å². The molecule has 0 bridgehead atoms. The van der Waals surface area contributed by atoms with Gasteiger partial charge in [-0.3, -0.25) is 14.8 Å². The first-order chi connectivity index (χ1) is 12.8. The second-order valence-corrected chi connectivity index (χ2v) is 7.19. The molecule has 3 aromatic heterocycles. The highest BCUT2D eigenvalue weighted by atomic mass is 32.1. The highest BCUT2D eigenvalue weighted by Crippen LogP contribution is 2.29. The molecular formula is C18H15F2N5OS. The SMILES string of the molecule is Cc1ccc(C)n1-c1c(C(=O)Nc2nc3cc(F)c(F)cc3s2)cnn1C. The maximum atomic E-state index is 13.4. The van der Waals surface area contributed by atoms with Crippen molar-refractivity contribution in [2.75, 3.05) is 5.32 Å². The number of benzene rings is 1. The quantitative estimate of drug-likeness (QED) is 0.579. The van der Waals surface area contributed by atoms with Crippen LogP contribution >= 0.6 is 11.3 Å². The van der Waals surface area contributed by atoms with E-state index in [1.807, 2.05) is 30.5 Å². The van der Waals surface area contributed by atoms with E-state index >= 15 is 0 Å². The molecule has 0 saturated heterocycles. The van der Waals surface area contributed by atoms with E-state index in [0.717, 1.165) is 34.9 Å². The second kappa shape index (κ2) is 6.27. The minimum atomic E-state index is -0.973. The number of rotatable bonds is 3. The van der Waals surface area contributed by atoms with E-state index in [-0.39, 0.29) is 10.6 Å². The molecule has 9 heteroatoms. The Bertz CT molecular complexity index is 1130. The molecule has 6 nitrogen and oxygen atoms in total. The van der Waals surface area contributed by atoms with Gasteiger partial charge in [0.25, 0.3) is 5.91 Å². The van der Waals surface area contributed by atoms with Crippen LogP contribution in [0.4, 0.5) is 13.9 Å². The third-order valence-corrected chi connectivity index (χ3v) is 5.22. The van der Waals surface area contributed by atoms with Crippen molar-refractivity contribution in [2.45, 2.75) is 13.8 Å². The number of hydrogen-bond donors (Lipinski definition) is 1. The van der Waals surface area contributed by atoms with Gasteiger partial charge in [-0.05, 0) is 32.0 Å². The van der Waals surface area contributed by atoms with Crippen molar-refractivity contribution in [3.8, 4) is 5.82 Å². The molecule has 1 N–H and O–H groups in total. The van der Waals surface area contributed by atoms with E-state index in [4.69, 9.17) is 0 Å². The average molecular weight is 387 g/mol. The number of fused-ring (bicyclic) bond motifs is 1. The molecule has 1 amide bonds. The zero-order valence-corrected chi connectivity index (χ0v) is 15.6. The molecule has 4 rings (SSSR count). The maximum Gasteiger partial charge on any atom is 0.262 e. The summed E-state index contributed by atoms with van der Waals surface area (Å²) in [5.41, 5.74) is 2.60. The number of aromatic nitrogens is 4. The van der Waals surface area contributed by atoms with Gasteiger partial charge < -0.3 is 4.57 Å². The fourth-order valence-corrected chi connectivity index (χ4v) is 3.87. The molecule has 0 saturated carbocycles. The van der Waals surface area contributed by atoms with Gasteiger partial charge in [0.15, 0.2) is 16.8 Å². The van der Waals surface area contributed by atoms with Gasteiger partial charge in [-0.25, -0.2) is 13.8 Å². The summed E-state index contributed by atoms with van der Waals surface area (Å²) in [7, 11) is 1.76. The fourth-order valence-electron chi connectivity index (χ4n) is 3.00. The van der Waals surface area contributed by atoms with Crippen LogP contribution < -0.4 is 5.32 Å². The monoisotopic (exact) mass is 387 g/mol. The van der Waals surface area contributed by atoms with Crippen molar-refractivity contribution < 1.29 is 13.6 Å². The van der Waals surface area contributed by atoms with Crippen molar-refractivity contribution in [3.05, 3.63) is 59.0 Å². The predicted octanol–water partition coefficient (Wildman–Crippen LogP) is 3.97. The Morgan fingerprint density at radius 1 is 1.15 bits per heavy atom. The van der Waals surface area contributed by atoms with Gasteiger partial charge in [0.2, 0.25) is 0 Å². The number of nitrogens with one attached hydrogen (secondary N) is 1. The first kappa shape index (κ1) is 17.3. The Kier molecular flexibility index (Phi) is 4.03. The topological polar surface area (TPSA) is 64.7 Å². The van der Waals surface area contributed by atoms with Gasteiger partial charge >= 0.3 is 0 Å². The van der Waals surface area contributed by atoms with Crippen molar-refractivity contribution in [1.29, 1.82) is 0 Å². The minimum absolute atomic E-state index is 0.260. The summed E-state index contributed by atoms with van der Waals surface area (Å²) in [6.45, 7) is 3.89. The number of carbonyl (C=O) groups is 1. The number of anilines is 1. The fraction of sp³-hybridized carbons (Fsp3) is 0.167. The normalized spacial score (nSPS) is 11.3. The highest BCUT2D eigenvalue weighted by Gasteiger charge is 2.21. The van der Waals surface area contributed by atoms with Gasteiger partial charge in [0.05, 0.1) is 16.4 Å². The summed E-state index contributed by atoms with van der Waals surface area (Å²) < 4.78 is 30.7. The second-order valence-electron chi connectivity index (χ2n) is 6.16. The van der Waals surface area contributed by atoms with Crippen LogP contribution in [0.3, 0.4) is 0 Å². The van der Waals surface area contributed by atoms with Gasteiger partial charge in [0.1, 0.15) is 11.4 Å². The molecule has 138 valence electrons. The van der Waals surface area contributed by atoms with Crippen LogP contribution in [-0.2, 0) is 7.05 Å². The Labute approximate surface area is 157 Å². The third kappa shape index (κ3) is 2.89. The molecule has 0 aliphatic carbocycles. The lowest BCUT2D eigenvalue weighted by atomic mass is 10.3. The van der Waals surface area contributed by atoms with Gasteiger partial charge in [-0.15, -0.1) is 0 Å². The van der Waals surface area contributed by atoms with E-state index < -0.39 is 17.5 Å². The van der Waals surface area contributed by atoms with Crippen molar-refractivity contribution in [3.63, 3.8) is 0 Å². The number of thiazole rings is 1. The Morgan fingerprint density at radius 3 is 2.52 bits per heavy atom. The standard InChI is InChI=1S/C18H15F2N5OS/c1-9-4-5-10(2)25(9)17-11(8-21-24(17)3)16(26)23-18-22-14-6-12(19)13(20)7-15(14)27-18/h4-8H,1-3H3,(H,22,23,26). The van der Waals surface area contributed by atoms with E-state index in [1.54, 1.807) is 11.7 Å². The van der Waals surface area contributed by atoms with Crippen LogP contribution in [0.1, 0.15) is 21.7 Å². The smallest absolute Gasteiger partial charge is 0.262 e. The summed E-state index contributed by atoms with van der Waals surface area (Å²) in [5.74, 6) is -1.69. The zero-order chi connectivity index (χ0) is 19.3. The summed E-state index contributed by atoms with van der Waals surface area (Å²) in [4.78, 5) is 17.0. The van der Waals surface area contributed by atoms with E-state index in [9.17, 15) is 13.6 Å². The van der Waals surface area contributed by atoms with Gasteiger partial charge in [-0.1, -0.05) is 11.3 Å². The number of hydrogen-bond acceptors (Lipinski definition) is 4. The number of halogens is 2. The maximum absolute atomic E-state index is 13.4. The molecule has 27 heavy (non-hydrogen) atoms. The Balaban J connectivity index is 1.71. The number of carbonyl (C=O) groups excluding carboxylic acids is 1. The molecule has 4 aromatic rings. The van der Waals surface area contributed by atoms with Gasteiger partial charge in [0, 0.05) is 24.5 Å². The third-order valence-electron chi connectivity index (χ3n) is 4.29. The predicted molar refractivity (Wildman–Crippen MR) is 99.5 cm³/mol. The number of aryl methyl sites for hydroxylation is 3. The summed E-state index contributed by atoms with van der Waals surface area (Å²) in [6, 6.07) is 6.00. The number of amides is 1. The van der Waals surface area contributed by atoms with E-state index in [0.29, 0.717) is 16.1 Å². The van der Waals surface area contributed by atoms with Crippen molar-refractivity contribution in [2.24, 2.45) is 7.05 Å². The van der Waals surface area contributed by atoms with Gasteiger partial charge in [-0.2, -0.15) is 5.10 Å². The van der Waals surface area contributed by atoms with Crippen LogP contribution in [-0.4, -0.2) is 25.2 Å².